The molecule has 58 heavy (non-hydrogen) atoms. The summed E-state index contributed by atoms with van der Waals surface area (Å²) in [6.07, 6.45) is 1.67. The molecule has 0 bridgehead atoms. The van der Waals surface area contributed by atoms with Crippen molar-refractivity contribution in [1.29, 1.82) is 0 Å². The molecule has 4 amide bonds. The molecule has 1 aromatic rings. The summed E-state index contributed by atoms with van der Waals surface area (Å²) in [5.41, 5.74) is 5.47. The van der Waals surface area contributed by atoms with Crippen molar-refractivity contribution in [1.82, 2.24) is 21.3 Å². The third-order valence-corrected chi connectivity index (χ3v) is 7.81. The maximum absolute atomic E-state index is 13.6. The van der Waals surface area contributed by atoms with E-state index in [9.17, 15) is 45.9 Å². The van der Waals surface area contributed by atoms with Crippen molar-refractivity contribution in [2.45, 2.75) is 51.0 Å². The van der Waals surface area contributed by atoms with Crippen LogP contribution in [-0.4, -0.2) is 139 Å². The van der Waals surface area contributed by atoms with Crippen LogP contribution in [0.25, 0.3) is 0 Å². The van der Waals surface area contributed by atoms with E-state index in [1.54, 1.807) is 0 Å². The lowest BCUT2D eigenvalue weighted by Crippen LogP contribution is -2.49. The largest absolute Gasteiger partial charge is 0.420 e. The fourth-order valence-corrected chi connectivity index (χ4v) is 4.71. The first-order valence-electron chi connectivity index (χ1n) is 18.5. The number of amides is 4. The van der Waals surface area contributed by atoms with Gasteiger partial charge >= 0.3 is 5.97 Å². The summed E-state index contributed by atoms with van der Waals surface area (Å²) >= 11 is 2.08. The van der Waals surface area contributed by atoms with Gasteiger partial charge in [-0.15, -0.1) is 0 Å². The summed E-state index contributed by atoms with van der Waals surface area (Å²) in [7, 11) is 0. The summed E-state index contributed by atoms with van der Waals surface area (Å²) in [6.45, 7) is 2.57. The highest BCUT2D eigenvalue weighted by Gasteiger charge is 2.28. The zero-order valence-corrected chi connectivity index (χ0v) is 34.2. The van der Waals surface area contributed by atoms with Gasteiger partial charge in [0.1, 0.15) is 6.04 Å². The maximum atomic E-state index is 13.6. The fraction of sp³-hybridized carbons (Fsp3) is 0.686. The Kier molecular flexibility index (Phi) is 30.4. The lowest BCUT2D eigenvalue weighted by Gasteiger charge is -2.18. The molecule has 0 fully saturated rings. The SMILES string of the molecule is NCCCC(=O)N[C@@H](CCCCNC(=O)CCOCCOCI)C(=O)NCC(=O)NCCOCCOCCOCCOCCC(=O)Oc1c(F)c(F)c(F)c(F)c1F. The zero-order valence-electron chi connectivity index (χ0n) is 32.1. The van der Waals surface area contributed by atoms with Gasteiger partial charge in [-0.1, -0.05) is 22.6 Å². The van der Waals surface area contributed by atoms with Crippen LogP contribution in [-0.2, 0) is 52.4 Å². The summed E-state index contributed by atoms with van der Waals surface area (Å²) in [4.78, 5) is 61.0. The number of rotatable bonds is 35. The zero-order chi connectivity index (χ0) is 43.0. The van der Waals surface area contributed by atoms with E-state index < -0.39 is 65.1 Å². The van der Waals surface area contributed by atoms with Crippen molar-refractivity contribution in [2.24, 2.45) is 5.73 Å². The first-order valence-corrected chi connectivity index (χ1v) is 20.0. The Hall–Kier alpha value is -3.33. The average Bonchev–Trinajstić information content (AvgIpc) is 3.21. The van der Waals surface area contributed by atoms with Crippen molar-refractivity contribution in [3.05, 3.63) is 29.1 Å². The molecule has 1 rings (SSSR count). The molecule has 0 aliphatic rings. The van der Waals surface area contributed by atoms with Crippen LogP contribution in [0.4, 0.5) is 22.0 Å². The molecule has 0 aliphatic carbocycles. The number of hydrogen-bond donors (Lipinski definition) is 5. The second-order valence-electron chi connectivity index (χ2n) is 11.9. The minimum absolute atomic E-state index is 0.0244. The average molecular weight is 958 g/mol. The first-order chi connectivity index (χ1) is 27.9. The molecule has 0 unspecified atom stereocenters. The smallest absolute Gasteiger partial charge is 0.313 e. The normalized spacial score (nSPS) is 11.6. The summed E-state index contributed by atoms with van der Waals surface area (Å²) < 4.78 is 103. The van der Waals surface area contributed by atoms with Crippen molar-refractivity contribution >= 4 is 52.2 Å². The second kappa shape index (κ2) is 33.5. The van der Waals surface area contributed by atoms with Gasteiger partial charge in [0.25, 0.3) is 0 Å². The van der Waals surface area contributed by atoms with Crippen LogP contribution in [0.3, 0.4) is 0 Å². The van der Waals surface area contributed by atoms with Crippen LogP contribution < -0.4 is 31.7 Å². The van der Waals surface area contributed by atoms with Crippen molar-refractivity contribution in [3.8, 4) is 5.75 Å². The van der Waals surface area contributed by atoms with E-state index in [1.807, 2.05) is 0 Å². The van der Waals surface area contributed by atoms with E-state index in [4.69, 9.17) is 34.2 Å². The number of ether oxygens (including phenoxy) is 7. The Labute approximate surface area is 346 Å². The van der Waals surface area contributed by atoms with E-state index in [0.29, 0.717) is 56.6 Å². The van der Waals surface area contributed by atoms with Crippen LogP contribution in [0.5, 0.6) is 5.75 Å². The Balaban J connectivity index is 2.12. The van der Waals surface area contributed by atoms with E-state index in [-0.39, 0.29) is 97.2 Å². The minimum atomic E-state index is -2.37. The van der Waals surface area contributed by atoms with Gasteiger partial charge in [0.15, 0.2) is 0 Å². The van der Waals surface area contributed by atoms with Gasteiger partial charge < -0.3 is 60.2 Å². The van der Waals surface area contributed by atoms with Gasteiger partial charge in [0.2, 0.25) is 58.5 Å². The summed E-state index contributed by atoms with van der Waals surface area (Å²) in [6, 6.07) is -0.874. The number of unbranched alkanes of at least 4 members (excludes halogenated alkanes) is 1. The maximum Gasteiger partial charge on any atom is 0.313 e. The lowest BCUT2D eigenvalue weighted by molar-refractivity contribution is -0.136. The highest BCUT2D eigenvalue weighted by Crippen LogP contribution is 2.29. The van der Waals surface area contributed by atoms with Crippen LogP contribution in [0.2, 0.25) is 0 Å². The molecule has 0 aliphatic heterocycles. The number of nitrogens with one attached hydrogen (secondary N) is 4. The molecule has 0 heterocycles. The van der Waals surface area contributed by atoms with Crippen LogP contribution >= 0.6 is 22.6 Å². The first kappa shape index (κ1) is 52.7. The van der Waals surface area contributed by atoms with Crippen molar-refractivity contribution < 1.29 is 79.1 Å². The molecule has 0 saturated carbocycles. The minimum Gasteiger partial charge on any atom is -0.420 e. The number of benzene rings is 1. The monoisotopic (exact) mass is 957 g/mol. The molecule has 0 saturated heterocycles. The molecular weight excluding hydrogens is 904 g/mol. The van der Waals surface area contributed by atoms with Gasteiger partial charge in [-0.05, 0) is 32.2 Å². The van der Waals surface area contributed by atoms with Crippen LogP contribution in [0.1, 0.15) is 44.9 Å². The Bertz CT molecular complexity index is 1360. The third-order valence-electron chi connectivity index (χ3n) is 7.37. The second-order valence-corrected chi connectivity index (χ2v) is 12.5. The highest BCUT2D eigenvalue weighted by molar-refractivity contribution is 14.1. The van der Waals surface area contributed by atoms with E-state index in [0.717, 1.165) is 0 Å². The van der Waals surface area contributed by atoms with Crippen LogP contribution in [0.15, 0.2) is 0 Å². The molecule has 332 valence electrons. The molecule has 6 N–H and O–H groups in total. The quantitative estimate of drug-likeness (QED) is 0.00948. The number of hydrogen-bond acceptors (Lipinski definition) is 13. The number of carbonyl (C=O) groups is 5. The Morgan fingerprint density at radius 2 is 1.07 bits per heavy atom. The summed E-state index contributed by atoms with van der Waals surface area (Å²) in [5.74, 6) is -15.8. The molecule has 0 spiro atoms. The lowest BCUT2D eigenvalue weighted by atomic mass is 10.1. The van der Waals surface area contributed by atoms with E-state index in [1.165, 1.54) is 0 Å². The van der Waals surface area contributed by atoms with E-state index >= 15 is 0 Å². The number of alkyl halides is 1. The topological polar surface area (TPSA) is 224 Å². The van der Waals surface area contributed by atoms with Gasteiger partial charge in [-0.25, -0.2) is 13.2 Å². The van der Waals surface area contributed by atoms with E-state index in [2.05, 4.69) is 48.6 Å². The molecular formula is C35H53F5IN5O12. The molecule has 1 atom stereocenters. The molecule has 23 heteroatoms. The number of halogens is 6. The molecule has 0 aromatic heterocycles. The third kappa shape index (κ3) is 24.6. The molecule has 17 nitrogen and oxygen atoms in total. The number of esters is 1. The number of nitrogens with two attached hydrogens (primary N) is 1. The Morgan fingerprint density at radius 1 is 0.552 bits per heavy atom. The van der Waals surface area contributed by atoms with Gasteiger partial charge in [0, 0.05) is 25.9 Å². The predicted molar refractivity (Wildman–Crippen MR) is 203 cm³/mol. The molecule has 0 radical (unpaired) electrons. The Morgan fingerprint density at radius 3 is 1.66 bits per heavy atom. The standard InChI is InChI=1S/C35H53F5IN5O12/c36-29-30(37)32(39)34(33(40)31(29)38)58-28(50)7-12-53-14-16-55-18-19-56-17-15-54-13-10-44-27(49)22-45-35(51)24(46-26(48)5-3-8-42)4-1-2-9-43-25(47)6-11-52-20-21-57-23-41/h24H,1-23,42H2,(H,43,47)(H,44,49)(H,45,51)(H,46,48)/t24-/m0/s1. The van der Waals surface area contributed by atoms with Gasteiger partial charge in [-0.3, -0.25) is 24.0 Å². The highest BCUT2D eigenvalue weighted by atomic mass is 127. The van der Waals surface area contributed by atoms with Crippen molar-refractivity contribution in [3.63, 3.8) is 0 Å². The van der Waals surface area contributed by atoms with Crippen molar-refractivity contribution in [2.75, 3.05) is 103 Å². The number of carbonyl (C=O) groups excluding carboxylic acids is 5. The fourth-order valence-electron chi connectivity index (χ4n) is 4.40. The van der Waals surface area contributed by atoms with Crippen LogP contribution in [0, 0.1) is 29.1 Å². The predicted octanol–water partition coefficient (Wildman–Crippen LogP) is 1.30. The van der Waals surface area contributed by atoms with Gasteiger partial charge in [0.05, 0.1) is 90.3 Å². The molecule has 1 aromatic carbocycles. The summed E-state index contributed by atoms with van der Waals surface area (Å²) in [5, 5.41) is 10.6. The van der Waals surface area contributed by atoms with Gasteiger partial charge in [-0.2, -0.15) is 8.78 Å².